The number of hydrogen-bond donors (Lipinski definition) is 2. The highest BCUT2D eigenvalue weighted by Gasteiger charge is 2.29. The first-order valence-corrected chi connectivity index (χ1v) is 10.4. The average Bonchev–Trinajstić information content (AvgIpc) is 3.14. The molecule has 1 aromatic heterocycles. The van der Waals surface area contributed by atoms with E-state index in [2.05, 4.69) is 22.4 Å². The van der Waals surface area contributed by atoms with E-state index in [0.717, 1.165) is 27.8 Å². The number of carbonyl (C=O) groups excluding carboxylic acids is 1. The highest BCUT2D eigenvalue weighted by Crippen LogP contribution is 2.44. The Hall–Kier alpha value is -3.87. The molecular formula is C25H24N2O5. The van der Waals surface area contributed by atoms with Gasteiger partial charge < -0.3 is 19.9 Å². The van der Waals surface area contributed by atoms with Crippen molar-refractivity contribution in [2.75, 3.05) is 13.7 Å². The van der Waals surface area contributed by atoms with E-state index >= 15 is 0 Å². The SMILES string of the molecule is COc1cnccc1CC[C@H](NC(=O)OCC1c2ccccc2-c2ccccc21)C(=O)O. The first-order valence-electron chi connectivity index (χ1n) is 10.4. The molecule has 4 rings (SSSR count). The second kappa shape index (κ2) is 9.51. The molecule has 1 aliphatic rings. The molecule has 2 aromatic carbocycles. The Bertz CT molecular complexity index is 1090. The van der Waals surface area contributed by atoms with Gasteiger partial charge in [0.05, 0.1) is 13.3 Å². The summed E-state index contributed by atoms with van der Waals surface area (Å²) in [4.78, 5) is 28.1. The lowest BCUT2D eigenvalue weighted by Gasteiger charge is -2.18. The van der Waals surface area contributed by atoms with Gasteiger partial charge in [-0.05, 0) is 46.7 Å². The predicted octanol–water partition coefficient (Wildman–Crippen LogP) is 4.01. The van der Waals surface area contributed by atoms with Crippen LogP contribution in [0.3, 0.4) is 0 Å². The van der Waals surface area contributed by atoms with Crippen LogP contribution in [0.1, 0.15) is 29.0 Å². The Kier molecular flexibility index (Phi) is 6.35. The van der Waals surface area contributed by atoms with Crippen LogP contribution < -0.4 is 10.1 Å². The zero-order chi connectivity index (χ0) is 22.5. The van der Waals surface area contributed by atoms with E-state index in [9.17, 15) is 14.7 Å². The van der Waals surface area contributed by atoms with Crippen LogP contribution in [-0.2, 0) is 16.0 Å². The molecule has 7 nitrogen and oxygen atoms in total. The summed E-state index contributed by atoms with van der Waals surface area (Å²) >= 11 is 0. The number of ether oxygens (including phenoxy) is 2. The number of rotatable bonds is 8. The molecule has 1 heterocycles. The van der Waals surface area contributed by atoms with E-state index in [0.29, 0.717) is 12.2 Å². The third-order valence-corrected chi connectivity index (χ3v) is 5.73. The average molecular weight is 432 g/mol. The van der Waals surface area contributed by atoms with Crippen molar-refractivity contribution in [3.63, 3.8) is 0 Å². The molecule has 7 heteroatoms. The maximum atomic E-state index is 12.4. The van der Waals surface area contributed by atoms with Crippen molar-refractivity contribution in [2.45, 2.75) is 24.8 Å². The molecule has 0 bridgehead atoms. The molecule has 0 aliphatic heterocycles. The molecule has 32 heavy (non-hydrogen) atoms. The molecule has 0 spiro atoms. The van der Waals surface area contributed by atoms with Crippen molar-refractivity contribution in [3.8, 4) is 16.9 Å². The summed E-state index contributed by atoms with van der Waals surface area (Å²) in [5, 5.41) is 12.0. The predicted molar refractivity (Wildman–Crippen MR) is 119 cm³/mol. The van der Waals surface area contributed by atoms with E-state index in [1.807, 2.05) is 36.4 Å². The number of amides is 1. The Morgan fingerprint density at radius 3 is 2.34 bits per heavy atom. The number of carboxylic acids is 1. The number of benzene rings is 2. The molecule has 0 saturated heterocycles. The molecule has 0 unspecified atom stereocenters. The van der Waals surface area contributed by atoms with Crippen LogP contribution in [0, 0.1) is 0 Å². The monoisotopic (exact) mass is 432 g/mol. The van der Waals surface area contributed by atoms with Crippen LogP contribution in [0.4, 0.5) is 4.79 Å². The summed E-state index contributed by atoms with van der Waals surface area (Å²) in [6, 6.07) is 16.8. The number of carboxylic acid groups (broad SMARTS) is 1. The highest BCUT2D eigenvalue weighted by molar-refractivity contribution is 5.81. The number of pyridine rings is 1. The maximum absolute atomic E-state index is 12.4. The third kappa shape index (κ3) is 4.42. The highest BCUT2D eigenvalue weighted by atomic mass is 16.5. The zero-order valence-corrected chi connectivity index (χ0v) is 17.7. The van der Waals surface area contributed by atoms with Crippen LogP contribution in [0.5, 0.6) is 5.75 Å². The number of methoxy groups -OCH3 is 1. The second-order valence-corrected chi connectivity index (χ2v) is 7.59. The van der Waals surface area contributed by atoms with E-state index in [4.69, 9.17) is 9.47 Å². The Morgan fingerprint density at radius 1 is 1.06 bits per heavy atom. The van der Waals surface area contributed by atoms with Gasteiger partial charge in [0.15, 0.2) is 0 Å². The van der Waals surface area contributed by atoms with Gasteiger partial charge in [-0.2, -0.15) is 0 Å². The number of nitrogens with zero attached hydrogens (tertiary/aromatic N) is 1. The van der Waals surface area contributed by atoms with Crippen molar-refractivity contribution in [1.82, 2.24) is 10.3 Å². The largest absolute Gasteiger partial charge is 0.495 e. The van der Waals surface area contributed by atoms with Gasteiger partial charge in [-0.15, -0.1) is 0 Å². The Labute approximate surface area is 186 Å². The lowest BCUT2D eigenvalue weighted by Crippen LogP contribution is -2.41. The third-order valence-electron chi connectivity index (χ3n) is 5.73. The molecule has 1 amide bonds. The number of aliphatic carboxylic acids is 1. The van der Waals surface area contributed by atoms with Gasteiger partial charge in [-0.3, -0.25) is 4.98 Å². The molecule has 2 N–H and O–H groups in total. The van der Waals surface area contributed by atoms with Crippen molar-refractivity contribution in [3.05, 3.63) is 83.7 Å². The minimum absolute atomic E-state index is 0.0856. The number of hydrogen-bond acceptors (Lipinski definition) is 5. The van der Waals surface area contributed by atoms with Crippen LogP contribution in [0.2, 0.25) is 0 Å². The van der Waals surface area contributed by atoms with E-state index < -0.39 is 18.1 Å². The van der Waals surface area contributed by atoms with Crippen LogP contribution in [-0.4, -0.2) is 41.9 Å². The number of aryl methyl sites for hydroxylation is 1. The van der Waals surface area contributed by atoms with E-state index in [1.54, 1.807) is 18.5 Å². The topological polar surface area (TPSA) is 97.8 Å². The van der Waals surface area contributed by atoms with Crippen molar-refractivity contribution >= 4 is 12.1 Å². The second-order valence-electron chi connectivity index (χ2n) is 7.59. The minimum Gasteiger partial charge on any atom is -0.495 e. The Balaban J connectivity index is 1.39. The van der Waals surface area contributed by atoms with Gasteiger partial charge in [-0.25, -0.2) is 9.59 Å². The summed E-state index contributed by atoms with van der Waals surface area (Å²) in [6.45, 7) is 0.129. The smallest absolute Gasteiger partial charge is 0.407 e. The van der Waals surface area contributed by atoms with Gasteiger partial charge >= 0.3 is 12.1 Å². The number of aromatic nitrogens is 1. The molecular weight excluding hydrogens is 408 g/mol. The standard InChI is InChI=1S/C25H24N2O5/c1-31-23-14-26-13-12-16(23)10-11-22(24(28)29)27-25(30)32-15-21-19-8-4-2-6-17(19)18-7-3-5-9-20(18)21/h2-9,12-14,21-22H,10-11,15H2,1H3,(H,27,30)(H,28,29)/t22-/m0/s1. The number of alkyl carbamates (subject to hydrolysis) is 1. The quantitative estimate of drug-likeness (QED) is 0.558. The first-order chi connectivity index (χ1) is 15.6. The lowest BCUT2D eigenvalue weighted by atomic mass is 9.98. The molecule has 1 atom stereocenters. The van der Waals surface area contributed by atoms with Crippen molar-refractivity contribution in [2.24, 2.45) is 0 Å². The summed E-state index contributed by atoms with van der Waals surface area (Å²) in [5.41, 5.74) is 5.28. The molecule has 3 aromatic rings. The number of carbonyl (C=O) groups is 2. The fraction of sp³-hybridized carbons (Fsp3) is 0.240. The fourth-order valence-corrected chi connectivity index (χ4v) is 4.14. The first kappa shape index (κ1) is 21.4. The lowest BCUT2D eigenvalue weighted by molar-refractivity contribution is -0.139. The maximum Gasteiger partial charge on any atom is 0.407 e. The van der Waals surface area contributed by atoms with E-state index in [1.165, 1.54) is 7.11 Å². The molecule has 164 valence electrons. The fourth-order valence-electron chi connectivity index (χ4n) is 4.14. The molecule has 0 saturated carbocycles. The number of nitrogens with one attached hydrogen (secondary N) is 1. The summed E-state index contributed by atoms with van der Waals surface area (Å²) in [5.74, 6) is -0.623. The normalized spacial score (nSPS) is 13.0. The molecule has 0 fully saturated rings. The van der Waals surface area contributed by atoms with E-state index in [-0.39, 0.29) is 18.9 Å². The number of fused-ring (bicyclic) bond motifs is 3. The molecule has 0 radical (unpaired) electrons. The van der Waals surface area contributed by atoms with Crippen LogP contribution in [0.25, 0.3) is 11.1 Å². The van der Waals surface area contributed by atoms with Gasteiger partial charge in [-0.1, -0.05) is 48.5 Å². The zero-order valence-electron chi connectivity index (χ0n) is 17.7. The van der Waals surface area contributed by atoms with Crippen molar-refractivity contribution in [1.29, 1.82) is 0 Å². The molecule has 1 aliphatic carbocycles. The van der Waals surface area contributed by atoms with Gasteiger partial charge in [0.1, 0.15) is 18.4 Å². The minimum atomic E-state index is -1.12. The summed E-state index contributed by atoms with van der Waals surface area (Å²) in [6.07, 6.45) is 3.05. The van der Waals surface area contributed by atoms with Gasteiger partial charge in [0, 0.05) is 12.1 Å². The summed E-state index contributed by atoms with van der Waals surface area (Å²) < 4.78 is 10.7. The summed E-state index contributed by atoms with van der Waals surface area (Å²) in [7, 11) is 1.53. The van der Waals surface area contributed by atoms with Gasteiger partial charge in [0.2, 0.25) is 0 Å². The van der Waals surface area contributed by atoms with Crippen LogP contribution in [0.15, 0.2) is 67.0 Å². The van der Waals surface area contributed by atoms with Gasteiger partial charge in [0.25, 0.3) is 0 Å². The Morgan fingerprint density at radius 2 is 1.72 bits per heavy atom. The van der Waals surface area contributed by atoms with Crippen LogP contribution >= 0.6 is 0 Å². The van der Waals surface area contributed by atoms with Crippen molar-refractivity contribution < 1.29 is 24.2 Å².